The molecule has 98 valence electrons. The molecule has 2 rings (SSSR count). The van der Waals surface area contributed by atoms with Crippen LogP contribution in [0.4, 0.5) is 0 Å². The summed E-state index contributed by atoms with van der Waals surface area (Å²) in [7, 11) is 0. The van der Waals surface area contributed by atoms with E-state index in [1.807, 2.05) is 18.2 Å². The largest absolute Gasteiger partial charge is 0.462 e. The number of nitrogens with zero attached hydrogens (tertiary/aromatic N) is 1. The van der Waals surface area contributed by atoms with Crippen LogP contribution < -0.4 is 0 Å². The van der Waals surface area contributed by atoms with E-state index in [1.54, 1.807) is 37.0 Å². The SMILES string of the molecule is CCOC(=O)c1cccnc1SCc1ccccc1. The van der Waals surface area contributed by atoms with Crippen LogP contribution in [-0.2, 0) is 10.5 Å². The van der Waals surface area contributed by atoms with E-state index in [2.05, 4.69) is 17.1 Å². The van der Waals surface area contributed by atoms with Gasteiger partial charge in [-0.3, -0.25) is 0 Å². The molecule has 1 aromatic carbocycles. The van der Waals surface area contributed by atoms with E-state index >= 15 is 0 Å². The number of esters is 1. The first-order valence-electron chi connectivity index (χ1n) is 6.10. The van der Waals surface area contributed by atoms with Crippen LogP contribution in [0.3, 0.4) is 0 Å². The van der Waals surface area contributed by atoms with Gasteiger partial charge in [0.2, 0.25) is 0 Å². The molecular formula is C15H15NO2S. The average molecular weight is 273 g/mol. The number of hydrogen-bond acceptors (Lipinski definition) is 4. The standard InChI is InChI=1S/C15H15NO2S/c1-2-18-15(17)13-9-6-10-16-14(13)19-11-12-7-4-3-5-8-12/h3-10H,2,11H2,1H3. The fourth-order valence-corrected chi connectivity index (χ4v) is 2.53. The maximum Gasteiger partial charge on any atom is 0.340 e. The summed E-state index contributed by atoms with van der Waals surface area (Å²) in [6, 6.07) is 13.6. The predicted octanol–water partition coefficient (Wildman–Crippen LogP) is 3.55. The van der Waals surface area contributed by atoms with Crippen LogP contribution in [0.5, 0.6) is 0 Å². The second-order valence-corrected chi connectivity index (χ2v) is 4.81. The summed E-state index contributed by atoms with van der Waals surface area (Å²) >= 11 is 1.54. The Kier molecular flexibility index (Phi) is 4.98. The van der Waals surface area contributed by atoms with Gasteiger partial charge in [-0.05, 0) is 24.6 Å². The van der Waals surface area contributed by atoms with Gasteiger partial charge in [0.15, 0.2) is 0 Å². The molecule has 0 radical (unpaired) electrons. The highest BCUT2D eigenvalue weighted by Gasteiger charge is 2.13. The molecule has 3 nitrogen and oxygen atoms in total. The van der Waals surface area contributed by atoms with Crippen molar-refractivity contribution in [2.24, 2.45) is 0 Å². The molecule has 0 aliphatic heterocycles. The molecule has 1 aromatic heterocycles. The van der Waals surface area contributed by atoms with E-state index in [-0.39, 0.29) is 5.97 Å². The zero-order valence-corrected chi connectivity index (χ0v) is 11.5. The Hall–Kier alpha value is -1.81. The minimum atomic E-state index is -0.314. The van der Waals surface area contributed by atoms with Gasteiger partial charge >= 0.3 is 5.97 Å². The van der Waals surface area contributed by atoms with E-state index in [0.717, 1.165) is 5.75 Å². The highest BCUT2D eigenvalue weighted by atomic mass is 32.2. The van der Waals surface area contributed by atoms with Crippen molar-refractivity contribution in [1.82, 2.24) is 4.98 Å². The quantitative estimate of drug-likeness (QED) is 0.617. The second-order valence-electron chi connectivity index (χ2n) is 3.85. The molecule has 19 heavy (non-hydrogen) atoms. The molecule has 0 aliphatic rings. The van der Waals surface area contributed by atoms with Crippen molar-refractivity contribution in [3.63, 3.8) is 0 Å². The lowest BCUT2D eigenvalue weighted by atomic mass is 10.2. The Morgan fingerprint density at radius 3 is 2.74 bits per heavy atom. The average Bonchev–Trinajstić information content (AvgIpc) is 2.47. The number of aromatic nitrogens is 1. The summed E-state index contributed by atoms with van der Waals surface area (Å²) in [5.74, 6) is 0.468. The zero-order chi connectivity index (χ0) is 13.5. The molecule has 1 heterocycles. The van der Waals surface area contributed by atoms with Gasteiger partial charge in [0.1, 0.15) is 5.03 Å². The lowest BCUT2D eigenvalue weighted by molar-refractivity contribution is 0.0521. The maximum absolute atomic E-state index is 11.8. The third-order valence-corrected chi connectivity index (χ3v) is 3.56. The fraction of sp³-hybridized carbons (Fsp3) is 0.200. The van der Waals surface area contributed by atoms with Crippen LogP contribution in [0.2, 0.25) is 0 Å². The molecule has 0 bridgehead atoms. The molecule has 0 fully saturated rings. The van der Waals surface area contributed by atoms with Crippen LogP contribution >= 0.6 is 11.8 Å². The number of carbonyl (C=O) groups excluding carboxylic acids is 1. The van der Waals surface area contributed by atoms with Gasteiger partial charge in [-0.1, -0.05) is 30.3 Å². The lowest BCUT2D eigenvalue weighted by Crippen LogP contribution is -2.07. The van der Waals surface area contributed by atoms with Crippen LogP contribution in [0.25, 0.3) is 0 Å². The Morgan fingerprint density at radius 2 is 2.00 bits per heavy atom. The molecule has 0 unspecified atom stereocenters. The molecular weight excluding hydrogens is 258 g/mol. The van der Waals surface area contributed by atoms with E-state index in [0.29, 0.717) is 17.2 Å². The summed E-state index contributed by atoms with van der Waals surface area (Å²) in [5.41, 5.74) is 1.73. The van der Waals surface area contributed by atoms with Gasteiger partial charge < -0.3 is 4.74 Å². The third-order valence-electron chi connectivity index (χ3n) is 2.48. The van der Waals surface area contributed by atoms with Gasteiger partial charge in [-0.15, -0.1) is 11.8 Å². The van der Waals surface area contributed by atoms with Crippen molar-refractivity contribution in [2.75, 3.05) is 6.61 Å². The van der Waals surface area contributed by atoms with Crippen molar-refractivity contribution in [1.29, 1.82) is 0 Å². The zero-order valence-electron chi connectivity index (χ0n) is 10.7. The second kappa shape index (κ2) is 6.95. The highest BCUT2D eigenvalue weighted by Crippen LogP contribution is 2.24. The molecule has 0 aliphatic carbocycles. The van der Waals surface area contributed by atoms with Gasteiger partial charge in [-0.25, -0.2) is 9.78 Å². The Labute approximate surface area is 117 Å². The minimum absolute atomic E-state index is 0.314. The molecule has 0 saturated carbocycles. The number of hydrogen-bond donors (Lipinski definition) is 0. The number of benzene rings is 1. The van der Waals surface area contributed by atoms with Crippen LogP contribution in [0.15, 0.2) is 53.7 Å². The molecule has 0 saturated heterocycles. The first-order chi connectivity index (χ1) is 9.31. The Balaban J connectivity index is 2.10. The summed E-state index contributed by atoms with van der Waals surface area (Å²) < 4.78 is 5.03. The molecule has 0 atom stereocenters. The molecule has 0 N–H and O–H groups in total. The molecule has 0 amide bonds. The monoisotopic (exact) mass is 273 g/mol. The first-order valence-corrected chi connectivity index (χ1v) is 7.08. The van der Waals surface area contributed by atoms with Crippen molar-refractivity contribution in [3.8, 4) is 0 Å². The third kappa shape index (κ3) is 3.83. The van der Waals surface area contributed by atoms with E-state index < -0.39 is 0 Å². The number of thioether (sulfide) groups is 1. The van der Waals surface area contributed by atoms with Crippen molar-refractivity contribution >= 4 is 17.7 Å². The van der Waals surface area contributed by atoms with Crippen molar-refractivity contribution < 1.29 is 9.53 Å². The van der Waals surface area contributed by atoms with Crippen molar-refractivity contribution in [3.05, 3.63) is 59.8 Å². The van der Waals surface area contributed by atoms with Crippen molar-refractivity contribution in [2.45, 2.75) is 17.7 Å². The Bertz CT molecular complexity index is 543. The Morgan fingerprint density at radius 1 is 1.21 bits per heavy atom. The summed E-state index contributed by atoms with van der Waals surface area (Å²) in [6.07, 6.45) is 1.69. The smallest absolute Gasteiger partial charge is 0.340 e. The highest BCUT2D eigenvalue weighted by molar-refractivity contribution is 7.98. The topological polar surface area (TPSA) is 39.2 Å². The minimum Gasteiger partial charge on any atom is -0.462 e. The van der Waals surface area contributed by atoms with Crippen LogP contribution in [0.1, 0.15) is 22.8 Å². The van der Waals surface area contributed by atoms with E-state index in [9.17, 15) is 4.79 Å². The van der Waals surface area contributed by atoms with Gasteiger partial charge in [-0.2, -0.15) is 0 Å². The molecule has 2 aromatic rings. The number of ether oxygens (including phenoxy) is 1. The van der Waals surface area contributed by atoms with Crippen LogP contribution in [0, 0.1) is 0 Å². The summed E-state index contributed by atoms with van der Waals surface area (Å²) in [6.45, 7) is 2.17. The first kappa shape index (κ1) is 13.6. The summed E-state index contributed by atoms with van der Waals surface area (Å²) in [4.78, 5) is 16.1. The van der Waals surface area contributed by atoms with Gasteiger partial charge in [0.25, 0.3) is 0 Å². The molecule has 4 heteroatoms. The number of rotatable bonds is 5. The van der Waals surface area contributed by atoms with E-state index in [4.69, 9.17) is 4.74 Å². The van der Waals surface area contributed by atoms with Gasteiger partial charge in [0, 0.05) is 11.9 Å². The number of pyridine rings is 1. The lowest BCUT2D eigenvalue weighted by Gasteiger charge is -2.07. The van der Waals surface area contributed by atoms with Crippen LogP contribution in [-0.4, -0.2) is 17.6 Å². The van der Waals surface area contributed by atoms with Gasteiger partial charge in [0.05, 0.1) is 12.2 Å². The molecule has 0 spiro atoms. The predicted molar refractivity (Wildman–Crippen MR) is 76.2 cm³/mol. The van der Waals surface area contributed by atoms with E-state index in [1.165, 1.54) is 5.56 Å². The maximum atomic E-state index is 11.8. The number of carbonyl (C=O) groups is 1. The normalized spacial score (nSPS) is 10.2. The fourth-order valence-electron chi connectivity index (χ4n) is 1.60. The summed E-state index contributed by atoms with van der Waals surface area (Å²) in [5, 5.41) is 0.713.